The van der Waals surface area contributed by atoms with Crippen LogP contribution in [0.4, 0.5) is 10.1 Å². The van der Waals surface area contributed by atoms with E-state index >= 15 is 0 Å². The number of hydrogen-bond donors (Lipinski definition) is 1. The normalized spacial score (nSPS) is 16.3. The number of hydrogen-bond acceptors (Lipinski definition) is 3. The molecule has 1 aliphatic heterocycles. The van der Waals surface area contributed by atoms with Gasteiger partial charge in [-0.15, -0.1) is 4.40 Å². The van der Waals surface area contributed by atoms with Gasteiger partial charge in [-0.05, 0) is 34.9 Å². The zero-order chi connectivity index (χ0) is 16.8. The number of amidine groups is 1. The lowest BCUT2D eigenvalue weighted by molar-refractivity contribution is 0.548. The Morgan fingerprint density at radius 1 is 1.09 bits per heavy atom. The highest BCUT2D eigenvalue weighted by molar-refractivity contribution is 7.90. The lowest BCUT2D eigenvalue weighted by Gasteiger charge is -2.30. The molecule has 3 rings (SSSR count). The summed E-state index contributed by atoms with van der Waals surface area (Å²) in [6.07, 6.45) is 0. The highest BCUT2D eigenvalue weighted by atomic mass is 35.5. The number of benzene rings is 2. The third-order valence-electron chi connectivity index (χ3n) is 3.95. The molecule has 0 fully saturated rings. The summed E-state index contributed by atoms with van der Waals surface area (Å²) in [7, 11) is -3.87. The second-order valence-electron chi connectivity index (χ2n) is 5.77. The van der Waals surface area contributed by atoms with E-state index < -0.39 is 15.4 Å². The van der Waals surface area contributed by atoms with Gasteiger partial charge >= 0.3 is 0 Å². The minimum absolute atomic E-state index is 0.0313. The van der Waals surface area contributed by atoms with Crippen molar-refractivity contribution in [1.82, 2.24) is 0 Å². The molecule has 23 heavy (non-hydrogen) atoms. The molecule has 0 spiro atoms. The van der Waals surface area contributed by atoms with E-state index in [1.165, 1.54) is 12.1 Å². The Morgan fingerprint density at radius 3 is 2.43 bits per heavy atom. The van der Waals surface area contributed by atoms with Gasteiger partial charge in [0.05, 0.1) is 5.69 Å². The summed E-state index contributed by atoms with van der Waals surface area (Å²) in [4.78, 5) is 0.0313. The highest BCUT2D eigenvalue weighted by Crippen LogP contribution is 2.41. The van der Waals surface area contributed by atoms with Crippen LogP contribution in [-0.4, -0.2) is 13.7 Å². The van der Waals surface area contributed by atoms with Crippen LogP contribution in [0, 0.1) is 5.82 Å². The van der Waals surface area contributed by atoms with E-state index in [9.17, 15) is 12.8 Å². The van der Waals surface area contributed by atoms with Gasteiger partial charge in [0, 0.05) is 5.41 Å². The van der Waals surface area contributed by atoms with E-state index in [1.54, 1.807) is 30.3 Å². The smallest absolute Gasteiger partial charge is 0.287 e. The van der Waals surface area contributed by atoms with Crippen LogP contribution in [0.15, 0.2) is 51.8 Å². The van der Waals surface area contributed by atoms with Crippen LogP contribution in [0.1, 0.15) is 25.0 Å². The van der Waals surface area contributed by atoms with Crippen molar-refractivity contribution in [2.24, 2.45) is 4.40 Å². The Hall–Kier alpha value is -1.92. The molecule has 0 radical (unpaired) electrons. The molecule has 0 saturated carbocycles. The van der Waals surface area contributed by atoms with Gasteiger partial charge in [0.2, 0.25) is 5.29 Å². The number of halogens is 2. The number of rotatable bonds is 2. The Balaban J connectivity index is 2.26. The summed E-state index contributed by atoms with van der Waals surface area (Å²) in [5.74, 6) is -0.353. The van der Waals surface area contributed by atoms with Crippen molar-refractivity contribution in [1.29, 1.82) is 0 Å². The quantitative estimate of drug-likeness (QED) is 0.835. The number of nitrogens with one attached hydrogen (secondary N) is 1. The molecule has 0 aromatic heterocycles. The fourth-order valence-electron chi connectivity index (χ4n) is 2.79. The van der Waals surface area contributed by atoms with Gasteiger partial charge in [-0.3, -0.25) is 0 Å². The Labute approximate surface area is 139 Å². The SMILES string of the molecule is CC(C)(c1ccccc1F)c1cccc2c1NC(Cl)=NS2(=O)=O. The van der Waals surface area contributed by atoms with Crippen molar-refractivity contribution in [2.45, 2.75) is 24.2 Å². The van der Waals surface area contributed by atoms with Gasteiger partial charge in [-0.25, -0.2) is 4.39 Å². The maximum atomic E-state index is 14.2. The summed E-state index contributed by atoms with van der Waals surface area (Å²) in [6.45, 7) is 3.66. The second kappa shape index (κ2) is 5.32. The molecule has 0 unspecified atom stereocenters. The number of anilines is 1. The zero-order valence-corrected chi connectivity index (χ0v) is 14.0. The fourth-order valence-corrected chi connectivity index (χ4v) is 4.18. The van der Waals surface area contributed by atoms with Crippen LogP contribution in [0.25, 0.3) is 0 Å². The first-order chi connectivity index (χ1) is 10.7. The van der Waals surface area contributed by atoms with E-state index in [2.05, 4.69) is 9.71 Å². The summed E-state index contributed by atoms with van der Waals surface area (Å²) >= 11 is 5.81. The van der Waals surface area contributed by atoms with Crippen LogP contribution in [-0.2, 0) is 15.4 Å². The van der Waals surface area contributed by atoms with Gasteiger partial charge in [-0.1, -0.05) is 44.2 Å². The monoisotopic (exact) mass is 352 g/mol. The number of sulfonamides is 1. The molecule has 0 bridgehead atoms. The van der Waals surface area contributed by atoms with Crippen molar-refractivity contribution >= 4 is 32.6 Å². The molecule has 120 valence electrons. The molecule has 0 saturated heterocycles. The predicted octanol–water partition coefficient (Wildman–Crippen LogP) is 3.86. The van der Waals surface area contributed by atoms with Crippen LogP contribution in [0.5, 0.6) is 0 Å². The molecule has 7 heteroatoms. The molecule has 1 N–H and O–H groups in total. The topological polar surface area (TPSA) is 58.5 Å². The van der Waals surface area contributed by atoms with E-state index in [4.69, 9.17) is 11.6 Å². The van der Waals surface area contributed by atoms with Gasteiger partial charge in [0.1, 0.15) is 10.7 Å². The summed E-state index contributed by atoms with van der Waals surface area (Å²) in [6, 6.07) is 11.2. The molecule has 2 aromatic carbocycles. The van der Waals surface area contributed by atoms with Crippen LogP contribution in [0.3, 0.4) is 0 Å². The maximum absolute atomic E-state index is 14.2. The summed E-state index contributed by atoms with van der Waals surface area (Å²) in [5.41, 5.74) is 0.650. The standard InChI is InChI=1S/C16H14ClFN2O2S/c1-16(2,10-6-3-4-8-12(10)18)11-7-5-9-13-14(11)19-15(17)20-23(13,21)22/h3-9H,1-2H3,(H,19,20). The summed E-state index contributed by atoms with van der Waals surface area (Å²) < 4.78 is 42.0. The molecule has 2 aromatic rings. The van der Waals surface area contributed by atoms with Gasteiger partial charge < -0.3 is 5.32 Å². The Morgan fingerprint density at radius 2 is 1.74 bits per heavy atom. The van der Waals surface area contributed by atoms with Crippen LogP contribution >= 0.6 is 11.6 Å². The first-order valence-electron chi connectivity index (χ1n) is 6.89. The summed E-state index contributed by atoms with van der Waals surface area (Å²) in [5, 5.41) is 2.57. The van der Waals surface area contributed by atoms with Crippen molar-refractivity contribution in [3.8, 4) is 0 Å². The van der Waals surface area contributed by atoms with Crippen LogP contribution < -0.4 is 5.32 Å². The molecule has 1 aliphatic rings. The molecule has 0 amide bonds. The van der Waals surface area contributed by atoms with E-state index in [0.717, 1.165) is 0 Å². The molecular weight excluding hydrogens is 339 g/mol. The Bertz CT molecular complexity index is 923. The predicted molar refractivity (Wildman–Crippen MR) is 89.1 cm³/mol. The fraction of sp³-hybridized carbons (Fsp3) is 0.188. The first-order valence-corrected chi connectivity index (χ1v) is 8.71. The number of para-hydroxylation sites is 1. The van der Waals surface area contributed by atoms with E-state index in [-0.39, 0.29) is 16.0 Å². The van der Waals surface area contributed by atoms with Crippen LogP contribution in [0.2, 0.25) is 0 Å². The third kappa shape index (κ3) is 2.62. The Kier molecular flexibility index (Phi) is 3.69. The van der Waals surface area contributed by atoms with Crippen molar-refractivity contribution in [3.63, 3.8) is 0 Å². The van der Waals surface area contributed by atoms with Crippen molar-refractivity contribution in [3.05, 3.63) is 59.4 Å². The lowest BCUT2D eigenvalue weighted by atomic mass is 9.77. The molecular formula is C16H14ClFN2O2S. The zero-order valence-electron chi connectivity index (χ0n) is 12.5. The second-order valence-corrected chi connectivity index (χ2v) is 7.70. The largest absolute Gasteiger partial charge is 0.328 e. The third-order valence-corrected chi connectivity index (χ3v) is 5.55. The average molecular weight is 353 g/mol. The van der Waals surface area contributed by atoms with Crippen molar-refractivity contribution in [2.75, 3.05) is 5.32 Å². The van der Waals surface area contributed by atoms with Gasteiger partial charge in [0.25, 0.3) is 10.0 Å². The highest BCUT2D eigenvalue weighted by Gasteiger charge is 2.34. The number of fused-ring (bicyclic) bond motifs is 1. The molecule has 1 heterocycles. The van der Waals surface area contributed by atoms with Gasteiger partial charge in [0.15, 0.2) is 0 Å². The van der Waals surface area contributed by atoms with E-state index in [1.807, 2.05) is 13.8 Å². The van der Waals surface area contributed by atoms with Gasteiger partial charge in [-0.2, -0.15) is 8.42 Å². The molecule has 0 aliphatic carbocycles. The van der Waals surface area contributed by atoms with E-state index in [0.29, 0.717) is 16.8 Å². The molecule has 4 nitrogen and oxygen atoms in total. The maximum Gasteiger partial charge on any atom is 0.287 e. The first kappa shape index (κ1) is 16.0. The molecule has 0 atom stereocenters. The van der Waals surface area contributed by atoms with Crippen molar-refractivity contribution < 1.29 is 12.8 Å². The minimum Gasteiger partial charge on any atom is -0.328 e. The number of nitrogens with zero attached hydrogens (tertiary/aromatic N) is 1. The minimum atomic E-state index is -3.87. The lowest BCUT2D eigenvalue weighted by Crippen LogP contribution is -2.26. The average Bonchev–Trinajstić information content (AvgIpc) is 2.46.